The highest BCUT2D eigenvalue weighted by Gasteiger charge is 2.24. The van der Waals surface area contributed by atoms with Crippen LogP contribution in [-0.2, 0) is 0 Å². The molecule has 9 heteroatoms. The van der Waals surface area contributed by atoms with Gasteiger partial charge in [0.25, 0.3) is 0 Å². The minimum atomic E-state index is -0.448. The van der Waals surface area contributed by atoms with Crippen LogP contribution in [-0.4, -0.2) is 46.7 Å². The molecule has 2 aromatic carbocycles. The molecule has 0 radical (unpaired) electrons. The van der Waals surface area contributed by atoms with E-state index in [0.717, 1.165) is 35.6 Å². The fraction of sp³-hybridized carbons (Fsp3) is 0.304. The molecule has 0 aliphatic carbocycles. The van der Waals surface area contributed by atoms with E-state index in [4.69, 9.17) is 21.3 Å². The predicted octanol–water partition coefficient (Wildman–Crippen LogP) is 4.61. The summed E-state index contributed by atoms with van der Waals surface area (Å²) in [6.45, 7) is 6.05. The topological polar surface area (TPSA) is 66.7 Å². The van der Waals surface area contributed by atoms with Crippen molar-refractivity contribution in [1.29, 1.82) is 0 Å². The van der Waals surface area contributed by atoms with Gasteiger partial charge in [0, 0.05) is 31.2 Å². The van der Waals surface area contributed by atoms with Gasteiger partial charge in [0.2, 0.25) is 0 Å². The van der Waals surface area contributed by atoms with E-state index < -0.39 is 5.82 Å². The molecular formula is C23H24ClFN6O. The van der Waals surface area contributed by atoms with Gasteiger partial charge < -0.3 is 20.3 Å². The van der Waals surface area contributed by atoms with Gasteiger partial charge in [0.05, 0.1) is 47.1 Å². The zero-order valence-corrected chi connectivity index (χ0v) is 18.8. The maximum atomic E-state index is 14.4. The minimum absolute atomic E-state index is 0.183. The Balaban J connectivity index is 1.67. The molecule has 4 aromatic rings. The molecule has 0 spiro atoms. The fourth-order valence-corrected chi connectivity index (χ4v) is 4.64. The summed E-state index contributed by atoms with van der Waals surface area (Å²) in [6, 6.07) is 9.26. The highest BCUT2D eigenvalue weighted by Crippen LogP contribution is 2.36. The number of piperazine rings is 1. The van der Waals surface area contributed by atoms with Crippen LogP contribution in [0.4, 0.5) is 21.6 Å². The quantitative estimate of drug-likeness (QED) is 0.469. The Morgan fingerprint density at radius 3 is 2.69 bits per heavy atom. The van der Waals surface area contributed by atoms with Crippen LogP contribution in [0.2, 0.25) is 5.02 Å². The van der Waals surface area contributed by atoms with Crippen LogP contribution in [0.5, 0.6) is 5.75 Å². The number of imidazole rings is 1. The molecule has 0 bridgehead atoms. The second-order valence-electron chi connectivity index (χ2n) is 8.22. The highest BCUT2D eigenvalue weighted by atomic mass is 35.5. The van der Waals surface area contributed by atoms with Crippen molar-refractivity contribution in [2.75, 3.05) is 30.4 Å². The van der Waals surface area contributed by atoms with E-state index >= 15 is 0 Å². The number of para-hydroxylation sites is 1. The van der Waals surface area contributed by atoms with Gasteiger partial charge in [0.1, 0.15) is 17.1 Å². The monoisotopic (exact) mass is 454 g/mol. The van der Waals surface area contributed by atoms with Gasteiger partial charge in [-0.05, 0) is 32.0 Å². The number of fused-ring (bicyclic) bond motifs is 3. The SMILES string of the molecule is COc1cc2c(cc1N1CC(C)NC(C)C1)nc(Nc1c(F)cccc1Cl)c1cncn12. The number of halogens is 2. The van der Waals surface area contributed by atoms with Crippen LogP contribution >= 0.6 is 11.6 Å². The first-order valence-corrected chi connectivity index (χ1v) is 10.9. The molecule has 1 aliphatic rings. The van der Waals surface area contributed by atoms with E-state index in [2.05, 4.69) is 34.4 Å². The average Bonchev–Trinajstić information content (AvgIpc) is 3.25. The third-order valence-electron chi connectivity index (χ3n) is 5.75. The summed E-state index contributed by atoms with van der Waals surface area (Å²) in [7, 11) is 1.67. The molecule has 1 aliphatic heterocycles. The number of rotatable bonds is 4. The Morgan fingerprint density at radius 1 is 1.19 bits per heavy atom. The standard InChI is InChI=1S/C23H24ClFN6O/c1-13-10-30(11-14(2)27-13)19-7-17-18(8-21(19)32-3)31-12-26-9-20(31)23(28-17)29-22-15(24)5-4-6-16(22)25/h4-9,12-14,27H,10-11H2,1-3H3,(H,28,29). The normalized spacial score (nSPS) is 19.0. The van der Waals surface area contributed by atoms with E-state index in [1.165, 1.54) is 6.07 Å². The van der Waals surface area contributed by atoms with Gasteiger partial charge in [-0.1, -0.05) is 17.7 Å². The maximum Gasteiger partial charge on any atom is 0.157 e. The molecule has 2 aromatic heterocycles. The largest absolute Gasteiger partial charge is 0.495 e. The Morgan fingerprint density at radius 2 is 1.97 bits per heavy atom. The number of methoxy groups -OCH3 is 1. The number of hydrogen-bond donors (Lipinski definition) is 2. The molecule has 5 rings (SSSR count). The summed E-state index contributed by atoms with van der Waals surface area (Å²) >= 11 is 6.23. The van der Waals surface area contributed by atoms with Crippen molar-refractivity contribution in [2.45, 2.75) is 25.9 Å². The van der Waals surface area contributed by atoms with Crippen molar-refractivity contribution in [1.82, 2.24) is 19.7 Å². The van der Waals surface area contributed by atoms with Crippen LogP contribution < -0.4 is 20.3 Å². The van der Waals surface area contributed by atoms with Crippen LogP contribution in [0.3, 0.4) is 0 Å². The lowest BCUT2D eigenvalue weighted by Gasteiger charge is -2.38. The van der Waals surface area contributed by atoms with E-state index in [-0.39, 0.29) is 10.7 Å². The summed E-state index contributed by atoms with van der Waals surface area (Å²) < 4.78 is 22.1. The van der Waals surface area contributed by atoms with Gasteiger partial charge >= 0.3 is 0 Å². The second kappa shape index (κ2) is 8.11. The molecule has 7 nitrogen and oxygen atoms in total. The van der Waals surface area contributed by atoms with Crippen molar-refractivity contribution >= 4 is 45.3 Å². The summed E-state index contributed by atoms with van der Waals surface area (Å²) in [4.78, 5) is 11.4. The number of ether oxygens (including phenoxy) is 1. The van der Waals surface area contributed by atoms with Crippen molar-refractivity contribution in [3.8, 4) is 5.75 Å². The molecule has 3 heterocycles. The van der Waals surface area contributed by atoms with Crippen LogP contribution in [0.1, 0.15) is 13.8 Å². The Kier molecular flexibility index (Phi) is 5.27. The third kappa shape index (κ3) is 3.59. The highest BCUT2D eigenvalue weighted by molar-refractivity contribution is 6.33. The fourth-order valence-electron chi connectivity index (χ4n) is 4.43. The van der Waals surface area contributed by atoms with Crippen molar-refractivity contribution < 1.29 is 9.13 Å². The zero-order valence-electron chi connectivity index (χ0n) is 18.1. The van der Waals surface area contributed by atoms with Gasteiger partial charge in [-0.3, -0.25) is 4.40 Å². The molecule has 2 unspecified atom stereocenters. The van der Waals surface area contributed by atoms with Crippen molar-refractivity contribution in [3.63, 3.8) is 0 Å². The molecule has 1 fully saturated rings. The lowest BCUT2D eigenvalue weighted by atomic mass is 10.1. The van der Waals surface area contributed by atoms with Crippen LogP contribution in [0.15, 0.2) is 42.9 Å². The van der Waals surface area contributed by atoms with E-state index in [1.54, 1.807) is 31.8 Å². The van der Waals surface area contributed by atoms with Gasteiger partial charge in [-0.2, -0.15) is 0 Å². The van der Waals surface area contributed by atoms with Crippen LogP contribution in [0.25, 0.3) is 16.6 Å². The first-order valence-electron chi connectivity index (χ1n) is 10.5. The Bertz CT molecular complexity index is 1280. The number of nitrogens with zero attached hydrogens (tertiary/aromatic N) is 4. The summed E-state index contributed by atoms with van der Waals surface area (Å²) in [6.07, 6.45) is 3.39. The molecule has 2 N–H and O–H groups in total. The average molecular weight is 455 g/mol. The molecule has 1 saturated heterocycles. The molecule has 32 heavy (non-hydrogen) atoms. The first-order chi connectivity index (χ1) is 15.4. The summed E-state index contributed by atoms with van der Waals surface area (Å²) in [5.74, 6) is 0.796. The molecule has 2 atom stereocenters. The predicted molar refractivity (Wildman–Crippen MR) is 126 cm³/mol. The molecule has 166 valence electrons. The maximum absolute atomic E-state index is 14.4. The van der Waals surface area contributed by atoms with Crippen LogP contribution in [0, 0.1) is 5.82 Å². The van der Waals surface area contributed by atoms with Crippen molar-refractivity contribution in [2.24, 2.45) is 0 Å². The Labute approximate surface area is 190 Å². The number of hydrogen-bond acceptors (Lipinski definition) is 6. The van der Waals surface area contributed by atoms with Gasteiger partial charge in [-0.25, -0.2) is 14.4 Å². The lowest BCUT2D eigenvalue weighted by Crippen LogP contribution is -2.54. The van der Waals surface area contributed by atoms with Crippen molar-refractivity contribution in [3.05, 3.63) is 53.7 Å². The number of benzene rings is 2. The summed E-state index contributed by atoms with van der Waals surface area (Å²) in [5.41, 5.74) is 3.44. The zero-order chi connectivity index (χ0) is 22.4. The smallest absolute Gasteiger partial charge is 0.157 e. The molecule has 0 amide bonds. The first kappa shape index (κ1) is 20.8. The third-order valence-corrected chi connectivity index (χ3v) is 6.07. The number of aromatic nitrogens is 3. The molecular weight excluding hydrogens is 431 g/mol. The number of anilines is 3. The second-order valence-corrected chi connectivity index (χ2v) is 8.62. The molecule has 0 saturated carbocycles. The minimum Gasteiger partial charge on any atom is -0.495 e. The van der Waals surface area contributed by atoms with E-state index in [9.17, 15) is 4.39 Å². The summed E-state index contributed by atoms with van der Waals surface area (Å²) in [5, 5.41) is 6.90. The Hall–Kier alpha value is -3.10. The van der Waals surface area contributed by atoms with E-state index in [1.807, 2.05) is 16.5 Å². The lowest BCUT2D eigenvalue weighted by molar-refractivity contribution is 0.391. The van der Waals surface area contributed by atoms with E-state index in [0.29, 0.717) is 23.4 Å². The van der Waals surface area contributed by atoms with Gasteiger partial charge in [0.15, 0.2) is 5.82 Å². The number of nitrogens with one attached hydrogen (secondary N) is 2. The van der Waals surface area contributed by atoms with Gasteiger partial charge in [-0.15, -0.1) is 0 Å².